The monoisotopic (exact) mass is 293 g/mol. The fourth-order valence-electron chi connectivity index (χ4n) is 2.71. The molecule has 6 nitrogen and oxygen atoms in total. The van der Waals surface area contributed by atoms with Gasteiger partial charge in [0.25, 0.3) is 0 Å². The summed E-state index contributed by atoms with van der Waals surface area (Å²) in [5.74, 6) is 0. The van der Waals surface area contributed by atoms with Crippen LogP contribution in [0.4, 0.5) is 10.5 Å². The molecule has 0 fully saturated rings. The molecule has 0 saturated carbocycles. The smallest absolute Gasteiger partial charge is 0.344 e. The van der Waals surface area contributed by atoms with E-state index in [0.29, 0.717) is 22.2 Å². The van der Waals surface area contributed by atoms with Gasteiger partial charge in [-0.25, -0.2) is 9.59 Å². The van der Waals surface area contributed by atoms with Gasteiger partial charge in [0, 0.05) is 17.8 Å². The van der Waals surface area contributed by atoms with Gasteiger partial charge in [-0.15, -0.1) is 0 Å². The first-order valence-corrected chi connectivity index (χ1v) is 6.77. The second-order valence-corrected chi connectivity index (χ2v) is 4.99. The van der Waals surface area contributed by atoms with Gasteiger partial charge in [0.2, 0.25) is 0 Å². The van der Waals surface area contributed by atoms with Gasteiger partial charge in [-0.05, 0) is 23.8 Å². The van der Waals surface area contributed by atoms with Crippen molar-refractivity contribution in [1.29, 1.82) is 0 Å². The third kappa shape index (κ3) is 1.85. The van der Waals surface area contributed by atoms with Crippen LogP contribution in [0.25, 0.3) is 11.0 Å². The summed E-state index contributed by atoms with van der Waals surface area (Å²) in [6.07, 6.45) is 3.25. The Bertz CT molecular complexity index is 934. The molecule has 0 saturated heterocycles. The average Bonchev–Trinajstić information content (AvgIpc) is 2.55. The van der Waals surface area contributed by atoms with Crippen molar-refractivity contribution in [3.8, 4) is 0 Å². The van der Waals surface area contributed by atoms with Crippen LogP contribution in [0.1, 0.15) is 17.2 Å². The molecular weight excluding hydrogens is 282 g/mol. The van der Waals surface area contributed by atoms with Crippen molar-refractivity contribution >= 4 is 22.7 Å². The Labute approximate surface area is 124 Å². The van der Waals surface area contributed by atoms with Crippen molar-refractivity contribution in [2.45, 2.75) is 6.04 Å². The lowest BCUT2D eigenvalue weighted by Crippen LogP contribution is -2.41. The number of urea groups is 1. The van der Waals surface area contributed by atoms with Crippen LogP contribution in [-0.4, -0.2) is 11.0 Å². The molecule has 0 spiro atoms. The van der Waals surface area contributed by atoms with E-state index in [1.165, 1.54) is 0 Å². The number of hydrogen-bond donors (Lipinski definition) is 2. The van der Waals surface area contributed by atoms with Crippen molar-refractivity contribution in [2.75, 3.05) is 5.32 Å². The van der Waals surface area contributed by atoms with E-state index in [-0.39, 0.29) is 6.03 Å². The number of pyridine rings is 1. The lowest BCUT2D eigenvalue weighted by molar-refractivity contribution is 0.248. The van der Waals surface area contributed by atoms with Gasteiger partial charge in [-0.2, -0.15) is 0 Å². The van der Waals surface area contributed by atoms with Crippen molar-refractivity contribution in [3.63, 3.8) is 0 Å². The number of fused-ring (bicyclic) bond motifs is 3. The molecule has 3 aromatic rings. The number of hydrogen-bond acceptors (Lipinski definition) is 4. The van der Waals surface area contributed by atoms with E-state index in [9.17, 15) is 9.59 Å². The van der Waals surface area contributed by atoms with E-state index >= 15 is 0 Å². The molecule has 6 heteroatoms. The Morgan fingerprint density at radius 1 is 1.09 bits per heavy atom. The highest BCUT2D eigenvalue weighted by Gasteiger charge is 2.31. The molecule has 3 heterocycles. The molecule has 1 aliphatic rings. The lowest BCUT2D eigenvalue weighted by Gasteiger charge is -2.26. The number of amides is 2. The van der Waals surface area contributed by atoms with Crippen LogP contribution in [0.15, 0.2) is 58.0 Å². The summed E-state index contributed by atoms with van der Waals surface area (Å²) < 4.78 is 5.38. The highest BCUT2D eigenvalue weighted by Crippen LogP contribution is 2.34. The highest BCUT2D eigenvalue weighted by molar-refractivity contribution is 6.03. The highest BCUT2D eigenvalue weighted by atomic mass is 16.4. The summed E-state index contributed by atoms with van der Waals surface area (Å²) in [7, 11) is 0. The van der Waals surface area contributed by atoms with Crippen molar-refractivity contribution in [2.24, 2.45) is 0 Å². The van der Waals surface area contributed by atoms with Gasteiger partial charge in [-0.3, -0.25) is 4.98 Å². The molecule has 0 aliphatic carbocycles. The van der Waals surface area contributed by atoms with Crippen LogP contribution in [0.2, 0.25) is 0 Å². The zero-order valence-corrected chi connectivity index (χ0v) is 11.4. The number of benzene rings is 1. The fraction of sp³-hybridized carbons (Fsp3) is 0.0625. The molecule has 1 aliphatic heterocycles. The molecular formula is C16H11N3O3. The molecule has 4 rings (SSSR count). The predicted octanol–water partition coefficient (Wildman–Crippen LogP) is 2.41. The summed E-state index contributed by atoms with van der Waals surface area (Å²) in [5.41, 5.74) is 1.56. The van der Waals surface area contributed by atoms with Crippen molar-refractivity contribution in [1.82, 2.24) is 10.3 Å². The van der Waals surface area contributed by atoms with E-state index in [1.807, 2.05) is 18.2 Å². The summed E-state index contributed by atoms with van der Waals surface area (Å²) in [5, 5.41) is 6.15. The van der Waals surface area contributed by atoms with E-state index in [2.05, 4.69) is 15.6 Å². The zero-order valence-electron chi connectivity index (χ0n) is 11.4. The Balaban J connectivity index is 2.04. The maximum Gasteiger partial charge on any atom is 0.344 e. The molecule has 2 aromatic heterocycles. The number of nitrogens with zero attached hydrogens (tertiary/aromatic N) is 1. The molecule has 1 aromatic carbocycles. The number of aromatic nitrogens is 1. The molecule has 2 N–H and O–H groups in total. The van der Waals surface area contributed by atoms with Gasteiger partial charge < -0.3 is 15.1 Å². The summed E-state index contributed by atoms with van der Waals surface area (Å²) in [6, 6.07) is 9.73. The number of carbonyl (C=O) groups excluding carboxylic acids is 1. The van der Waals surface area contributed by atoms with Crippen molar-refractivity contribution < 1.29 is 9.21 Å². The maximum absolute atomic E-state index is 12.4. The Morgan fingerprint density at radius 2 is 1.95 bits per heavy atom. The molecule has 22 heavy (non-hydrogen) atoms. The third-order valence-corrected chi connectivity index (χ3v) is 3.67. The number of rotatable bonds is 1. The molecule has 0 radical (unpaired) electrons. The van der Waals surface area contributed by atoms with Crippen LogP contribution >= 0.6 is 0 Å². The topological polar surface area (TPSA) is 84.2 Å². The first-order chi connectivity index (χ1) is 10.7. The quantitative estimate of drug-likeness (QED) is 0.675. The minimum Gasteiger partial charge on any atom is -0.422 e. The summed E-state index contributed by atoms with van der Waals surface area (Å²) >= 11 is 0. The fourth-order valence-corrected chi connectivity index (χ4v) is 2.71. The Hall–Kier alpha value is -3.15. The van der Waals surface area contributed by atoms with Gasteiger partial charge in [0.1, 0.15) is 5.58 Å². The first kappa shape index (κ1) is 12.6. The Kier molecular flexibility index (Phi) is 2.69. The van der Waals surface area contributed by atoms with Crippen LogP contribution in [0.5, 0.6) is 0 Å². The molecule has 108 valence electrons. The zero-order chi connectivity index (χ0) is 15.1. The van der Waals surface area contributed by atoms with Crippen LogP contribution in [0.3, 0.4) is 0 Å². The standard InChI is InChI=1S/C16H11N3O3/c20-15-12-13(9-4-3-7-17-8-9)18-16(21)19-14(12)10-5-1-2-6-11(10)22-15/h1-8,13H,(H2,18,19,21)/t13-/m0/s1. The third-order valence-electron chi connectivity index (χ3n) is 3.67. The van der Waals surface area contributed by atoms with Gasteiger partial charge >= 0.3 is 11.7 Å². The largest absolute Gasteiger partial charge is 0.422 e. The summed E-state index contributed by atoms with van der Waals surface area (Å²) in [6.45, 7) is 0. The maximum atomic E-state index is 12.4. The van der Waals surface area contributed by atoms with Crippen LogP contribution in [-0.2, 0) is 0 Å². The number of carbonyl (C=O) groups is 1. The molecule has 2 amide bonds. The average molecular weight is 293 g/mol. The second kappa shape index (κ2) is 4.70. The number of nitrogens with one attached hydrogen (secondary N) is 2. The normalized spacial score (nSPS) is 16.7. The second-order valence-electron chi connectivity index (χ2n) is 4.99. The minimum absolute atomic E-state index is 0.364. The first-order valence-electron chi connectivity index (χ1n) is 6.77. The Morgan fingerprint density at radius 3 is 2.77 bits per heavy atom. The van der Waals surface area contributed by atoms with E-state index in [4.69, 9.17) is 4.42 Å². The number of para-hydroxylation sites is 1. The SMILES string of the molecule is O=C1Nc2c(c(=O)oc3ccccc23)[C@H](c2cccnc2)N1. The van der Waals surface area contributed by atoms with Crippen LogP contribution in [0, 0.1) is 0 Å². The van der Waals surface area contributed by atoms with Gasteiger partial charge in [0.05, 0.1) is 17.3 Å². The van der Waals surface area contributed by atoms with Crippen molar-refractivity contribution in [3.05, 3.63) is 70.3 Å². The predicted molar refractivity (Wildman–Crippen MR) is 80.7 cm³/mol. The minimum atomic E-state index is -0.585. The molecule has 0 unspecified atom stereocenters. The summed E-state index contributed by atoms with van der Waals surface area (Å²) in [4.78, 5) is 28.4. The molecule has 1 atom stereocenters. The van der Waals surface area contributed by atoms with Crippen LogP contribution < -0.4 is 16.3 Å². The van der Waals surface area contributed by atoms with E-state index < -0.39 is 11.7 Å². The van der Waals surface area contributed by atoms with E-state index in [1.54, 1.807) is 30.6 Å². The molecule has 0 bridgehead atoms. The van der Waals surface area contributed by atoms with Gasteiger partial charge in [0.15, 0.2) is 0 Å². The van der Waals surface area contributed by atoms with Gasteiger partial charge in [-0.1, -0.05) is 18.2 Å². The van der Waals surface area contributed by atoms with E-state index in [0.717, 1.165) is 5.56 Å². The lowest BCUT2D eigenvalue weighted by atomic mass is 9.97. The number of anilines is 1.